The Morgan fingerprint density at radius 2 is 1.13 bits per heavy atom. The summed E-state index contributed by atoms with van der Waals surface area (Å²) in [4.78, 5) is 13.3. The number of pyridine rings is 3. The number of hydrogen-bond donors (Lipinski definition) is 1. The van der Waals surface area contributed by atoms with E-state index in [0.29, 0.717) is 34.5 Å². The summed E-state index contributed by atoms with van der Waals surface area (Å²) in [7, 11) is 0. The summed E-state index contributed by atoms with van der Waals surface area (Å²) < 4.78 is 0. The second-order valence-electron chi connectivity index (χ2n) is 7.29. The van der Waals surface area contributed by atoms with E-state index >= 15 is 0 Å². The minimum Gasteiger partial charge on any atom is -0.241 e. The predicted octanol–water partition coefficient (Wildman–Crippen LogP) is 4.43. The SMILES string of the molecule is Clc1cccc(CC2CN(Cc3cccc(Cl)n3)NN(Cc3cccc(Cl)n3)C2)n1. The molecule has 30 heavy (non-hydrogen) atoms. The molecule has 3 aromatic rings. The first kappa shape index (κ1) is 21.4. The summed E-state index contributed by atoms with van der Waals surface area (Å²) >= 11 is 18.2. The van der Waals surface area contributed by atoms with Crippen molar-refractivity contribution in [3.63, 3.8) is 0 Å². The van der Waals surface area contributed by atoms with Gasteiger partial charge in [0.1, 0.15) is 15.5 Å². The molecule has 0 radical (unpaired) electrons. The van der Waals surface area contributed by atoms with E-state index in [1.165, 1.54) is 0 Å². The van der Waals surface area contributed by atoms with Crippen molar-refractivity contribution >= 4 is 34.8 Å². The zero-order valence-electron chi connectivity index (χ0n) is 16.2. The van der Waals surface area contributed by atoms with Gasteiger partial charge in [0, 0.05) is 18.8 Å². The van der Waals surface area contributed by atoms with Crippen molar-refractivity contribution in [3.05, 3.63) is 87.1 Å². The molecule has 0 unspecified atom stereocenters. The summed E-state index contributed by atoms with van der Waals surface area (Å²) in [5.74, 6) is 0.343. The third-order valence-electron chi connectivity index (χ3n) is 4.76. The maximum absolute atomic E-state index is 6.08. The van der Waals surface area contributed by atoms with Crippen molar-refractivity contribution in [2.24, 2.45) is 5.92 Å². The molecule has 4 rings (SSSR count). The fourth-order valence-electron chi connectivity index (χ4n) is 3.62. The molecule has 1 aliphatic heterocycles. The average Bonchev–Trinajstić information content (AvgIpc) is 2.68. The maximum Gasteiger partial charge on any atom is 0.129 e. The molecule has 0 saturated carbocycles. The number of nitrogens with zero attached hydrogens (tertiary/aromatic N) is 5. The Kier molecular flexibility index (Phi) is 7.15. The highest BCUT2D eigenvalue weighted by molar-refractivity contribution is 6.29. The van der Waals surface area contributed by atoms with Gasteiger partial charge in [-0.05, 0) is 48.7 Å². The number of aromatic nitrogens is 3. The van der Waals surface area contributed by atoms with Gasteiger partial charge in [0.15, 0.2) is 0 Å². The van der Waals surface area contributed by atoms with Crippen molar-refractivity contribution in [3.8, 4) is 0 Å². The van der Waals surface area contributed by atoms with E-state index in [-0.39, 0.29) is 0 Å². The van der Waals surface area contributed by atoms with Crippen LogP contribution in [0.15, 0.2) is 54.6 Å². The van der Waals surface area contributed by atoms with Gasteiger partial charge in [0.05, 0.1) is 24.5 Å². The lowest BCUT2D eigenvalue weighted by Gasteiger charge is -2.40. The quantitative estimate of drug-likeness (QED) is 0.546. The lowest BCUT2D eigenvalue weighted by Crippen LogP contribution is -2.58. The minimum absolute atomic E-state index is 0.343. The highest BCUT2D eigenvalue weighted by Gasteiger charge is 2.26. The second kappa shape index (κ2) is 10.0. The molecule has 0 aromatic carbocycles. The molecule has 156 valence electrons. The van der Waals surface area contributed by atoms with Gasteiger partial charge in [-0.25, -0.2) is 25.0 Å². The predicted molar refractivity (Wildman–Crippen MR) is 119 cm³/mol. The van der Waals surface area contributed by atoms with E-state index in [9.17, 15) is 0 Å². The number of halogens is 3. The molecule has 0 spiro atoms. The lowest BCUT2D eigenvalue weighted by atomic mass is 10.0. The lowest BCUT2D eigenvalue weighted by molar-refractivity contribution is -0.0553. The fraction of sp³-hybridized carbons (Fsp3) is 0.286. The Morgan fingerprint density at radius 1 is 0.700 bits per heavy atom. The van der Waals surface area contributed by atoms with E-state index in [1.54, 1.807) is 18.2 Å². The molecule has 0 amide bonds. The van der Waals surface area contributed by atoms with Crippen molar-refractivity contribution in [1.82, 2.24) is 30.5 Å². The average molecular weight is 464 g/mol. The number of rotatable bonds is 6. The van der Waals surface area contributed by atoms with Crippen LogP contribution in [0.3, 0.4) is 0 Å². The normalized spacial score (nSPS) is 16.1. The highest BCUT2D eigenvalue weighted by atomic mass is 35.5. The van der Waals surface area contributed by atoms with Gasteiger partial charge in [-0.15, -0.1) is 0 Å². The van der Waals surface area contributed by atoms with E-state index in [0.717, 1.165) is 36.6 Å². The Bertz CT molecular complexity index is 869. The molecular weight excluding hydrogens is 443 g/mol. The van der Waals surface area contributed by atoms with Gasteiger partial charge >= 0.3 is 0 Å². The second-order valence-corrected chi connectivity index (χ2v) is 8.45. The van der Waals surface area contributed by atoms with Crippen LogP contribution in [-0.2, 0) is 19.5 Å². The number of nitrogens with one attached hydrogen (secondary N) is 1. The van der Waals surface area contributed by atoms with E-state index < -0.39 is 0 Å². The van der Waals surface area contributed by atoms with Crippen LogP contribution in [0.1, 0.15) is 17.1 Å². The van der Waals surface area contributed by atoms with Crippen LogP contribution in [0.5, 0.6) is 0 Å². The monoisotopic (exact) mass is 462 g/mol. The van der Waals surface area contributed by atoms with E-state index in [1.807, 2.05) is 36.4 Å². The third-order valence-corrected chi connectivity index (χ3v) is 5.39. The molecule has 1 N–H and O–H groups in total. The first-order valence-electron chi connectivity index (χ1n) is 9.64. The van der Waals surface area contributed by atoms with E-state index in [2.05, 4.69) is 30.5 Å². The first-order chi connectivity index (χ1) is 14.5. The molecule has 1 saturated heterocycles. The minimum atomic E-state index is 0.343. The van der Waals surface area contributed by atoms with Crippen LogP contribution >= 0.6 is 34.8 Å². The highest BCUT2D eigenvalue weighted by Crippen LogP contribution is 2.19. The van der Waals surface area contributed by atoms with Crippen molar-refractivity contribution in [2.75, 3.05) is 13.1 Å². The molecular formula is C21H21Cl3N6. The van der Waals surface area contributed by atoms with Crippen LogP contribution in [0, 0.1) is 5.92 Å². The molecule has 6 nitrogen and oxygen atoms in total. The van der Waals surface area contributed by atoms with Gasteiger partial charge in [-0.2, -0.15) is 5.53 Å². The molecule has 0 aliphatic carbocycles. The Balaban J connectivity index is 1.50. The molecule has 0 atom stereocenters. The van der Waals surface area contributed by atoms with Crippen LogP contribution in [0.4, 0.5) is 0 Å². The third kappa shape index (κ3) is 6.11. The van der Waals surface area contributed by atoms with Crippen molar-refractivity contribution < 1.29 is 0 Å². The zero-order valence-corrected chi connectivity index (χ0v) is 18.4. The Morgan fingerprint density at radius 3 is 1.60 bits per heavy atom. The zero-order chi connectivity index (χ0) is 20.9. The van der Waals surface area contributed by atoms with Crippen LogP contribution in [-0.4, -0.2) is 38.1 Å². The van der Waals surface area contributed by atoms with Gasteiger partial charge < -0.3 is 0 Å². The first-order valence-corrected chi connectivity index (χ1v) is 10.8. The molecule has 1 fully saturated rings. The standard InChI is InChI=1S/C21H21Cl3N6/c22-19-7-1-4-16(25-19)10-15-11-29(13-17-5-2-8-20(23)26-17)28-30(12-15)14-18-6-3-9-21(24)27-18/h1-9,15,28H,10-14H2. The van der Waals surface area contributed by atoms with Gasteiger partial charge in [-0.1, -0.05) is 53.0 Å². The van der Waals surface area contributed by atoms with Crippen LogP contribution in [0.2, 0.25) is 15.5 Å². The Hall–Kier alpha value is -1.80. The van der Waals surface area contributed by atoms with Crippen LogP contribution in [0.25, 0.3) is 0 Å². The fourth-order valence-corrected chi connectivity index (χ4v) is 4.16. The summed E-state index contributed by atoms with van der Waals surface area (Å²) in [5, 5.41) is 5.78. The van der Waals surface area contributed by atoms with Crippen LogP contribution < -0.4 is 5.53 Å². The summed E-state index contributed by atoms with van der Waals surface area (Å²) in [6, 6.07) is 17.1. The smallest absolute Gasteiger partial charge is 0.129 e. The summed E-state index contributed by atoms with van der Waals surface area (Å²) in [6.45, 7) is 2.92. The van der Waals surface area contributed by atoms with Gasteiger partial charge in [0.2, 0.25) is 0 Å². The molecule has 1 aliphatic rings. The summed E-state index contributed by atoms with van der Waals surface area (Å²) in [6.07, 6.45) is 0.821. The van der Waals surface area contributed by atoms with E-state index in [4.69, 9.17) is 34.8 Å². The largest absolute Gasteiger partial charge is 0.241 e. The maximum atomic E-state index is 6.08. The van der Waals surface area contributed by atoms with Crippen molar-refractivity contribution in [1.29, 1.82) is 0 Å². The number of hydrogen-bond acceptors (Lipinski definition) is 6. The van der Waals surface area contributed by atoms with Gasteiger partial charge in [-0.3, -0.25) is 0 Å². The summed E-state index contributed by atoms with van der Waals surface area (Å²) in [5.41, 5.74) is 6.25. The molecule has 9 heteroatoms. The molecule has 0 bridgehead atoms. The topological polar surface area (TPSA) is 57.2 Å². The van der Waals surface area contributed by atoms with Gasteiger partial charge in [0.25, 0.3) is 0 Å². The molecule has 3 aromatic heterocycles. The molecule has 4 heterocycles. The number of hydrazine groups is 2. The van der Waals surface area contributed by atoms with Crippen molar-refractivity contribution in [2.45, 2.75) is 19.5 Å². The Labute approximate surface area is 190 Å².